The van der Waals surface area contributed by atoms with Crippen molar-refractivity contribution in [3.8, 4) is 11.5 Å². The number of esters is 1. The van der Waals surface area contributed by atoms with E-state index in [-0.39, 0.29) is 12.0 Å². The van der Waals surface area contributed by atoms with E-state index >= 15 is 0 Å². The van der Waals surface area contributed by atoms with Gasteiger partial charge in [0, 0.05) is 11.6 Å². The fourth-order valence-electron chi connectivity index (χ4n) is 2.44. The van der Waals surface area contributed by atoms with Crippen molar-refractivity contribution in [3.05, 3.63) is 23.3 Å². The largest absolute Gasteiger partial charge is 0.493 e. The fourth-order valence-corrected chi connectivity index (χ4v) is 2.44. The highest BCUT2D eigenvalue weighted by Gasteiger charge is 2.24. The Bertz CT molecular complexity index is 467. The van der Waals surface area contributed by atoms with Crippen LogP contribution in [0.2, 0.25) is 0 Å². The summed E-state index contributed by atoms with van der Waals surface area (Å²) >= 11 is 0. The van der Waals surface area contributed by atoms with E-state index in [9.17, 15) is 4.79 Å². The first-order chi connectivity index (χ1) is 9.21. The molecule has 0 amide bonds. The second kappa shape index (κ2) is 5.93. The van der Waals surface area contributed by atoms with E-state index in [1.807, 2.05) is 6.07 Å². The summed E-state index contributed by atoms with van der Waals surface area (Å²) < 4.78 is 15.5. The lowest BCUT2D eigenvalue weighted by Gasteiger charge is -2.18. The zero-order valence-electron chi connectivity index (χ0n) is 11.5. The summed E-state index contributed by atoms with van der Waals surface area (Å²) in [4.78, 5) is 11.7. The minimum Gasteiger partial charge on any atom is -0.493 e. The molecule has 1 saturated heterocycles. The van der Waals surface area contributed by atoms with Crippen molar-refractivity contribution in [3.63, 3.8) is 0 Å². The second-order valence-electron chi connectivity index (χ2n) is 4.44. The molecule has 0 aliphatic carbocycles. The number of hydrogen-bond donors (Lipinski definition) is 1. The number of rotatable bonds is 4. The third-order valence-corrected chi connectivity index (χ3v) is 3.36. The van der Waals surface area contributed by atoms with Gasteiger partial charge in [-0.3, -0.25) is 0 Å². The summed E-state index contributed by atoms with van der Waals surface area (Å²) in [5.74, 6) is 0.851. The van der Waals surface area contributed by atoms with Gasteiger partial charge in [-0.05, 0) is 31.5 Å². The zero-order valence-corrected chi connectivity index (χ0v) is 11.5. The van der Waals surface area contributed by atoms with Crippen molar-refractivity contribution in [2.45, 2.75) is 18.9 Å². The topological polar surface area (TPSA) is 56.8 Å². The minimum absolute atomic E-state index is 0.188. The molecule has 0 radical (unpaired) electrons. The third kappa shape index (κ3) is 2.66. The molecule has 1 heterocycles. The molecule has 1 aromatic rings. The molecule has 0 spiro atoms. The van der Waals surface area contributed by atoms with Gasteiger partial charge in [0.1, 0.15) is 0 Å². The van der Waals surface area contributed by atoms with E-state index < -0.39 is 0 Å². The third-order valence-electron chi connectivity index (χ3n) is 3.36. The van der Waals surface area contributed by atoms with Gasteiger partial charge in [0.05, 0.1) is 26.9 Å². The van der Waals surface area contributed by atoms with Crippen molar-refractivity contribution < 1.29 is 19.0 Å². The van der Waals surface area contributed by atoms with E-state index in [0.29, 0.717) is 17.1 Å². The Morgan fingerprint density at radius 1 is 1.26 bits per heavy atom. The van der Waals surface area contributed by atoms with Gasteiger partial charge in [-0.2, -0.15) is 0 Å². The molecule has 1 aromatic carbocycles. The van der Waals surface area contributed by atoms with Gasteiger partial charge in [-0.25, -0.2) is 4.79 Å². The molecule has 5 heteroatoms. The highest BCUT2D eigenvalue weighted by Crippen LogP contribution is 2.39. The Hall–Kier alpha value is -1.75. The van der Waals surface area contributed by atoms with Crippen LogP contribution in [-0.2, 0) is 4.74 Å². The molecule has 0 bridgehead atoms. The van der Waals surface area contributed by atoms with Crippen molar-refractivity contribution in [2.75, 3.05) is 27.9 Å². The lowest BCUT2D eigenvalue weighted by molar-refractivity contribution is 0.0600. The molecule has 0 saturated carbocycles. The number of carbonyl (C=O) groups excluding carboxylic acids is 1. The summed E-state index contributed by atoms with van der Waals surface area (Å²) in [6.07, 6.45) is 2.13. The lowest BCUT2D eigenvalue weighted by atomic mass is 10.0. The van der Waals surface area contributed by atoms with Gasteiger partial charge in [-0.1, -0.05) is 0 Å². The minimum atomic E-state index is -0.375. The summed E-state index contributed by atoms with van der Waals surface area (Å²) in [5, 5.41) is 3.40. The first-order valence-electron chi connectivity index (χ1n) is 6.29. The van der Waals surface area contributed by atoms with Crippen LogP contribution in [0.25, 0.3) is 0 Å². The highest BCUT2D eigenvalue weighted by atomic mass is 16.5. The number of ether oxygens (including phenoxy) is 3. The molecule has 5 nitrogen and oxygen atoms in total. The molecule has 1 aliphatic rings. The summed E-state index contributed by atoms with van der Waals surface area (Å²) in [7, 11) is 4.53. The summed E-state index contributed by atoms with van der Waals surface area (Å²) in [5.41, 5.74) is 1.42. The Kier molecular flexibility index (Phi) is 4.27. The van der Waals surface area contributed by atoms with Crippen molar-refractivity contribution in [1.29, 1.82) is 0 Å². The predicted octanol–water partition coefficient (Wildman–Crippen LogP) is 1.91. The van der Waals surface area contributed by atoms with Crippen molar-refractivity contribution in [1.82, 2.24) is 5.32 Å². The standard InChI is InChI=1S/C14H19NO4/c1-17-12-8-9(14(16)19-3)7-10(13(12)18-2)11-5-4-6-15-11/h7-8,11,15H,4-6H2,1-3H3. The number of methoxy groups -OCH3 is 3. The molecular formula is C14H19NO4. The lowest BCUT2D eigenvalue weighted by Crippen LogP contribution is -2.15. The Labute approximate surface area is 112 Å². The fraction of sp³-hybridized carbons (Fsp3) is 0.500. The Morgan fingerprint density at radius 3 is 2.58 bits per heavy atom. The molecule has 1 unspecified atom stereocenters. The van der Waals surface area contributed by atoms with Crippen LogP contribution < -0.4 is 14.8 Å². The van der Waals surface area contributed by atoms with Crippen LogP contribution in [0.4, 0.5) is 0 Å². The van der Waals surface area contributed by atoms with E-state index in [2.05, 4.69) is 5.32 Å². The number of hydrogen-bond acceptors (Lipinski definition) is 5. The van der Waals surface area contributed by atoms with Gasteiger partial charge >= 0.3 is 5.97 Å². The quantitative estimate of drug-likeness (QED) is 0.843. The average Bonchev–Trinajstić information content (AvgIpc) is 2.98. The Morgan fingerprint density at radius 2 is 2.05 bits per heavy atom. The predicted molar refractivity (Wildman–Crippen MR) is 70.9 cm³/mol. The van der Waals surface area contributed by atoms with Gasteiger partial charge in [0.15, 0.2) is 11.5 Å². The first kappa shape index (κ1) is 13.7. The normalized spacial score (nSPS) is 18.2. The van der Waals surface area contributed by atoms with Gasteiger partial charge in [0.2, 0.25) is 0 Å². The molecule has 1 N–H and O–H groups in total. The molecule has 2 rings (SSSR count). The maximum Gasteiger partial charge on any atom is 0.337 e. The van der Waals surface area contributed by atoms with E-state index in [0.717, 1.165) is 24.9 Å². The number of benzene rings is 1. The van der Waals surface area contributed by atoms with Crippen LogP contribution >= 0.6 is 0 Å². The molecule has 1 aliphatic heterocycles. The maximum absolute atomic E-state index is 11.7. The van der Waals surface area contributed by atoms with E-state index in [1.165, 1.54) is 7.11 Å². The zero-order chi connectivity index (χ0) is 13.8. The average molecular weight is 265 g/mol. The number of nitrogens with one attached hydrogen (secondary N) is 1. The molecule has 104 valence electrons. The second-order valence-corrected chi connectivity index (χ2v) is 4.44. The highest BCUT2D eigenvalue weighted by molar-refractivity contribution is 5.90. The maximum atomic E-state index is 11.7. The molecule has 1 atom stereocenters. The van der Waals surface area contributed by atoms with Crippen LogP contribution in [0.5, 0.6) is 11.5 Å². The van der Waals surface area contributed by atoms with E-state index in [4.69, 9.17) is 14.2 Å². The van der Waals surface area contributed by atoms with Crippen molar-refractivity contribution in [2.24, 2.45) is 0 Å². The first-order valence-corrected chi connectivity index (χ1v) is 6.29. The van der Waals surface area contributed by atoms with Gasteiger partial charge in [0.25, 0.3) is 0 Å². The summed E-state index contributed by atoms with van der Waals surface area (Å²) in [6, 6.07) is 3.65. The van der Waals surface area contributed by atoms with Gasteiger partial charge < -0.3 is 19.5 Å². The smallest absolute Gasteiger partial charge is 0.337 e. The number of carbonyl (C=O) groups is 1. The van der Waals surface area contributed by atoms with Gasteiger partial charge in [-0.15, -0.1) is 0 Å². The molecular weight excluding hydrogens is 246 g/mol. The van der Waals surface area contributed by atoms with Crippen molar-refractivity contribution >= 4 is 5.97 Å². The monoisotopic (exact) mass is 265 g/mol. The SMILES string of the molecule is COC(=O)c1cc(OC)c(OC)c(C2CCCN2)c1. The van der Waals surface area contributed by atoms with Crippen LogP contribution in [0.15, 0.2) is 12.1 Å². The van der Waals surface area contributed by atoms with Crippen LogP contribution in [0.1, 0.15) is 34.8 Å². The van der Waals surface area contributed by atoms with Crippen LogP contribution in [0, 0.1) is 0 Å². The summed E-state index contributed by atoms with van der Waals surface area (Å²) in [6.45, 7) is 0.971. The molecule has 1 fully saturated rings. The molecule has 0 aromatic heterocycles. The molecule has 19 heavy (non-hydrogen) atoms. The van der Waals surface area contributed by atoms with Crippen LogP contribution in [-0.4, -0.2) is 33.8 Å². The Balaban J connectivity index is 2.50. The van der Waals surface area contributed by atoms with E-state index in [1.54, 1.807) is 20.3 Å². The van der Waals surface area contributed by atoms with Crippen LogP contribution in [0.3, 0.4) is 0 Å².